The Labute approximate surface area is 118 Å². The molecule has 0 aliphatic carbocycles. The Morgan fingerprint density at radius 1 is 1.26 bits per heavy atom. The summed E-state index contributed by atoms with van der Waals surface area (Å²) in [7, 11) is 2.08. The first-order valence-corrected chi connectivity index (χ1v) is 7.83. The van der Waals surface area contributed by atoms with E-state index in [2.05, 4.69) is 40.1 Å². The van der Waals surface area contributed by atoms with E-state index in [0.29, 0.717) is 18.1 Å². The molecule has 3 atom stereocenters. The SMILES string of the molecule is CNC(CCC1CCCO1)C1CC(C)(C)OC1(C)C. The highest BCUT2D eigenvalue weighted by Gasteiger charge is 2.48. The molecule has 3 nitrogen and oxygen atoms in total. The van der Waals surface area contributed by atoms with Gasteiger partial charge in [0.25, 0.3) is 0 Å². The molecule has 0 spiro atoms. The van der Waals surface area contributed by atoms with E-state index < -0.39 is 0 Å². The fraction of sp³-hybridized carbons (Fsp3) is 1.00. The van der Waals surface area contributed by atoms with E-state index in [-0.39, 0.29) is 11.2 Å². The van der Waals surface area contributed by atoms with E-state index in [1.54, 1.807) is 0 Å². The molecule has 0 aromatic rings. The predicted octanol–water partition coefficient (Wildman–Crippen LogP) is 3.13. The largest absolute Gasteiger partial charge is 0.378 e. The Morgan fingerprint density at radius 3 is 2.47 bits per heavy atom. The molecule has 112 valence electrons. The van der Waals surface area contributed by atoms with Crippen LogP contribution in [0.5, 0.6) is 0 Å². The molecule has 19 heavy (non-hydrogen) atoms. The van der Waals surface area contributed by atoms with E-state index in [4.69, 9.17) is 9.47 Å². The fourth-order valence-electron chi connectivity index (χ4n) is 4.02. The third kappa shape index (κ3) is 3.71. The predicted molar refractivity (Wildman–Crippen MR) is 78.4 cm³/mol. The quantitative estimate of drug-likeness (QED) is 0.832. The number of rotatable bonds is 5. The Balaban J connectivity index is 1.92. The molecule has 1 N–H and O–H groups in total. The summed E-state index contributed by atoms with van der Waals surface area (Å²) < 4.78 is 12.0. The summed E-state index contributed by atoms with van der Waals surface area (Å²) in [5.74, 6) is 0.578. The van der Waals surface area contributed by atoms with Gasteiger partial charge >= 0.3 is 0 Å². The number of ether oxygens (including phenoxy) is 2. The van der Waals surface area contributed by atoms with E-state index in [0.717, 1.165) is 13.0 Å². The van der Waals surface area contributed by atoms with Gasteiger partial charge in [-0.1, -0.05) is 0 Å². The fourth-order valence-corrected chi connectivity index (χ4v) is 4.02. The van der Waals surface area contributed by atoms with Crippen LogP contribution in [0.1, 0.15) is 59.8 Å². The Hall–Kier alpha value is -0.120. The van der Waals surface area contributed by atoms with Crippen LogP contribution in [-0.4, -0.2) is 37.0 Å². The Kier molecular flexibility index (Phi) is 4.59. The summed E-state index contributed by atoms with van der Waals surface area (Å²) in [6, 6.07) is 0.529. The minimum atomic E-state index is -0.0340. The van der Waals surface area contributed by atoms with Gasteiger partial charge in [0, 0.05) is 18.6 Å². The van der Waals surface area contributed by atoms with Gasteiger partial charge in [-0.3, -0.25) is 0 Å². The first kappa shape index (κ1) is 15.3. The highest BCUT2D eigenvalue weighted by atomic mass is 16.5. The lowest BCUT2D eigenvalue weighted by molar-refractivity contribution is -0.0780. The normalized spacial score (nSPS) is 34.6. The molecule has 2 rings (SSSR count). The summed E-state index contributed by atoms with van der Waals surface area (Å²) in [4.78, 5) is 0. The van der Waals surface area contributed by atoms with Gasteiger partial charge in [-0.05, 0) is 66.8 Å². The van der Waals surface area contributed by atoms with E-state index in [9.17, 15) is 0 Å². The van der Waals surface area contributed by atoms with Gasteiger partial charge in [0.1, 0.15) is 0 Å². The number of hydrogen-bond donors (Lipinski definition) is 1. The second-order valence-corrected chi connectivity index (χ2v) is 7.38. The molecule has 2 fully saturated rings. The molecule has 2 saturated heterocycles. The molecular weight excluding hydrogens is 238 g/mol. The van der Waals surface area contributed by atoms with Gasteiger partial charge in [-0.25, -0.2) is 0 Å². The average Bonchev–Trinajstić information content (AvgIpc) is 2.86. The molecule has 2 aliphatic rings. The summed E-state index contributed by atoms with van der Waals surface area (Å²) >= 11 is 0. The monoisotopic (exact) mass is 269 g/mol. The van der Waals surface area contributed by atoms with Crippen molar-refractivity contribution < 1.29 is 9.47 Å². The van der Waals surface area contributed by atoms with E-state index in [1.165, 1.54) is 25.7 Å². The molecule has 3 heteroatoms. The highest BCUT2D eigenvalue weighted by Crippen LogP contribution is 2.44. The van der Waals surface area contributed by atoms with Crippen LogP contribution in [0, 0.1) is 5.92 Å². The lowest BCUT2D eigenvalue weighted by Crippen LogP contribution is -2.43. The standard InChI is InChI=1S/C16H31NO2/c1-15(2)11-13(16(3,4)19-15)14(17-5)9-8-12-7-6-10-18-12/h12-14,17H,6-11H2,1-5H3. The van der Waals surface area contributed by atoms with E-state index in [1.807, 2.05) is 0 Å². The second kappa shape index (κ2) is 5.71. The van der Waals surface area contributed by atoms with E-state index >= 15 is 0 Å². The molecule has 0 saturated carbocycles. The number of nitrogens with one attached hydrogen (secondary N) is 1. The van der Waals surface area contributed by atoms with Crippen molar-refractivity contribution in [1.82, 2.24) is 5.32 Å². The van der Waals surface area contributed by atoms with Crippen LogP contribution >= 0.6 is 0 Å². The maximum absolute atomic E-state index is 6.23. The van der Waals surface area contributed by atoms with Crippen LogP contribution in [0.4, 0.5) is 0 Å². The van der Waals surface area contributed by atoms with Crippen LogP contribution in [0.2, 0.25) is 0 Å². The van der Waals surface area contributed by atoms with Crippen LogP contribution in [0.15, 0.2) is 0 Å². The van der Waals surface area contributed by atoms with Gasteiger partial charge in [-0.15, -0.1) is 0 Å². The lowest BCUT2D eigenvalue weighted by Gasteiger charge is -2.33. The van der Waals surface area contributed by atoms with Gasteiger partial charge in [-0.2, -0.15) is 0 Å². The first-order chi connectivity index (χ1) is 8.84. The first-order valence-electron chi connectivity index (χ1n) is 7.83. The third-order valence-electron chi connectivity index (χ3n) is 4.82. The zero-order valence-corrected chi connectivity index (χ0v) is 13.3. The molecule has 0 aromatic heterocycles. The summed E-state index contributed by atoms with van der Waals surface area (Å²) in [6.45, 7) is 9.86. The van der Waals surface area contributed by atoms with Crippen molar-refractivity contribution in [3.05, 3.63) is 0 Å². The summed E-state index contributed by atoms with van der Waals surface area (Å²) in [5.41, 5.74) is -0.0269. The van der Waals surface area contributed by atoms with Crippen molar-refractivity contribution in [2.75, 3.05) is 13.7 Å². The van der Waals surface area contributed by atoms with Crippen LogP contribution in [0.25, 0.3) is 0 Å². The minimum Gasteiger partial charge on any atom is -0.378 e. The average molecular weight is 269 g/mol. The highest BCUT2D eigenvalue weighted by molar-refractivity contribution is 4.99. The van der Waals surface area contributed by atoms with Gasteiger partial charge in [0.05, 0.1) is 17.3 Å². The zero-order valence-electron chi connectivity index (χ0n) is 13.3. The summed E-state index contributed by atoms with van der Waals surface area (Å²) in [6.07, 6.45) is 6.48. The van der Waals surface area contributed by atoms with Gasteiger partial charge < -0.3 is 14.8 Å². The van der Waals surface area contributed by atoms with Crippen molar-refractivity contribution in [1.29, 1.82) is 0 Å². The maximum atomic E-state index is 6.23. The lowest BCUT2D eigenvalue weighted by atomic mass is 9.79. The van der Waals surface area contributed by atoms with Gasteiger partial charge in [0.15, 0.2) is 0 Å². The van der Waals surface area contributed by atoms with Crippen molar-refractivity contribution in [2.24, 2.45) is 5.92 Å². The molecule has 0 amide bonds. The van der Waals surface area contributed by atoms with Crippen molar-refractivity contribution in [3.63, 3.8) is 0 Å². The Morgan fingerprint density at radius 2 is 2.00 bits per heavy atom. The molecule has 0 radical (unpaired) electrons. The summed E-state index contributed by atoms with van der Waals surface area (Å²) in [5, 5.41) is 3.53. The molecule has 3 unspecified atom stereocenters. The molecule has 0 aromatic carbocycles. The topological polar surface area (TPSA) is 30.5 Å². The molecular formula is C16H31NO2. The third-order valence-corrected chi connectivity index (χ3v) is 4.82. The maximum Gasteiger partial charge on any atom is 0.0677 e. The van der Waals surface area contributed by atoms with Crippen molar-refractivity contribution in [3.8, 4) is 0 Å². The van der Waals surface area contributed by atoms with Crippen molar-refractivity contribution in [2.45, 2.75) is 83.1 Å². The van der Waals surface area contributed by atoms with Crippen molar-refractivity contribution >= 4 is 0 Å². The Bertz CT molecular complexity index is 295. The van der Waals surface area contributed by atoms with Crippen LogP contribution in [0.3, 0.4) is 0 Å². The van der Waals surface area contributed by atoms with Crippen LogP contribution < -0.4 is 5.32 Å². The smallest absolute Gasteiger partial charge is 0.0677 e. The van der Waals surface area contributed by atoms with Crippen LogP contribution in [-0.2, 0) is 9.47 Å². The molecule has 0 bridgehead atoms. The second-order valence-electron chi connectivity index (χ2n) is 7.38. The zero-order chi connectivity index (χ0) is 14.1. The molecule has 2 aliphatic heterocycles. The number of hydrogen-bond acceptors (Lipinski definition) is 3. The molecule has 2 heterocycles. The minimum absolute atomic E-state index is 0.00707. The van der Waals surface area contributed by atoms with Gasteiger partial charge in [0.2, 0.25) is 0 Å².